The molecular formula is C12H22N4O. The molecule has 0 saturated heterocycles. The molecule has 3 N–H and O–H groups in total. The van der Waals surface area contributed by atoms with Crippen molar-refractivity contribution in [3.63, 3.8) is 0 Å². The van der Waals surface area contributed by atoms with E-state index in [0.29, 0.717) is 6.42 Å². The standard InChI is InChI=1S/C12H22N4O/c1-5-10-15-6-7-16(10)9(2)8-12(3,14-4)11(13)17/h6-7,9,14H,5,8H2,1-4H3,(H2,13,17). The molecule has 0 radical (unpaired) electrons. The maximum Gasteiger partial charge on any atom is 0.237 e. The summed E-state index contributed by atoms with van der Waals surface area (Å²) in [5.74, 6) is 0.699. The first-order valence-electron chi connectivity index (χ1n) is 5.95. The van der Waals surface area contributed by atoms with Crippen molar-refractivity contribution >= 4 is 5.91 Å². The zero-order chi connectivity index (χ0) is 13.1. The maximum absolute atomic E-state index is 11.4. The SMILES string of the molecule is CCc1nccn1C(C)CC(C)(NC)C(N)=O. The average molecular weight is 238 g/mol. The van der Waals surface area contributed by atoms with E-state index >= 15 is 0 Å². The van der Waals surface area contributed by atoms with Crippen LogP contribution in [0.1, 0.15) is 39.1 Å². The zero-order valence-electron chi connectivity index (χ0n) is 11.0. The molecule has 0 aliphatic heterocycles. The van der Waals surface area contributed by atoms with E-state index in [1.54, 1.807) is 13.2 Å². The summed E-state index contributed by atoms with van der Waals surface area (Å²) in [4.78, 5) is 15.7. The number of hydrogen-bond donors (Lipinski definition) is 2. The van der Waals surface area contributed by atoms with Gasteiger partial charge in [-0.15, -0.1) is 0 Å². The lowest BCUT2D eigenvalue weighted by molar-refractivity contribution is -0.124. The number of amides is 1. The fraction of sp³-hybridized carbons (Fsp3) is 0.667. The molecular weight excluding hydrogens is 216 g/mol. The smallest absolute Gasteiger partial charge is 0.237 e. The highest BCUT2D eigenvalue weighted by Gasteiger charge is 2.31. The third kappa shape index (κ3) is 2.85. The highest BCUT2D eigenvalue weighted by Crippen LogP contribution is 2.21. The van der Waals surface area contributed by atoms with Gasteiger partial charge in [-0.2, -0.15) is 0 Å². The molecule has 1 rings (SSSR count). The molecule has 5 nitrogen and oxygen atoms in total. The second-order valence-corrected chi connectivity index (χ2v) is 4.60. The number of carbonyl (C=O) groups excluding carboxylic acids is 1. The fourth-order valence-electron chi connectivity index (χ4n) is 2.03. The van der Waals surface area contributed by atoms with Crippen LogP contribution in [-0.4, -0.2) is 28.0 Å². The van der Waals surface area contributed by atoms with Crippen molar-refractivity contribution in [2.75, 3.05) is 7.05 Å². The molecule has 1 aromatic rings. The second-order valence-electron chi connectivity index (χ2n) is 4.60. The summed E-state index contributed by atoms with van der Waals surface area (Å²) in [6.45, 7) is 5.96. The zero-order valence-corrected chi connectivity index (χ0v) is 11.0. The van der Waals surface area contributed by atoms with Crippen LogP contribution in [0, 0.1) is 0 Å². The minimum absolute atomic E-state index is 0.178. The molecule has 0 aliphatic carbocycles. The van der Waals surface area contributed by atoms with Gasteiger partial charge in [0.15, 0.2) is 0 Å². The first kappa shape index (κ1) is 13.7. The van der Waals surface area contributed by atoms with Crippen LogP contribution in [0.4, 0.5) is 0 Å². The van der Waals surface area contributed by atoms with E-state index < -0.39 is 5.54 Å². The quantitative estimate of drug-likeness (QED) is 0.772. The van der Waals surface area contributed by atoms with Crippen molar-refractivity contribution in [2.45, 2.75) is 45.2 Å². The number of likely N-dealkylation sites (N-methyl/N-ethyl adjacent to an activating group) is 1. The van der Waals surface area contributed by atoms with Crippen molar-refractivity contribution in [3.8, 4) is 0 Å². The van der Waals surface area contributed by atoms with E-state index in [1.165, 1.54) is 0 Å². The van der Waals surface area contributed by atoms with Gasteiger partial charge < -0.3 is 15.6 Å². The fourth-order valence-corrected chi connectivity index (χ4v) is 2.03. The van der Waals surface area contributed by atoms with Gasteiger partial charge in [0.05, 0.1) is 5.54 Å². The maximum atomic E-state index is 11.4. The van der Waals surface area contributed by atoms with Gasteiger partial charge in [0, 0.05) is 24.9 Å². The van der Waals surface area contributed by atoms with Crippen LogP contribution >= 0.6 is 0 Å². The lowest BCUT2D eigenvalue weighted by Crippen LogP contribution is -2.52. The Morgan fingerprint density at radius 2 is 2.35 bits per heavy atom. The van der Waals surface area contributed by atoms with Gasteiger partial charge in [-0.05, 0) is 27.3 Å². The van der Waals surface area contributed by atoms with Crippen LogP contribution < -0.4 is 11.1 Å². The molecule has 0 aromatic carbocycles. The molecule has 1 aromatic heterocycles. The van der Waals surface area contributed by atoms with Gasteiger partial charge in [-0.1, -0.05) is 6.92 Å². The molecule has 17 heavy (non-hydrogen) atoms. The van der Waals surface area contributed by atoms with Gasteiger partial charge in [-0.25, -0.2) is 4.98 Å². The van der Waals surface area contributed by atoms with E-state index in [0.717, 1.165) is 12.2 Å². The molecule has 96 valence electrons. The summed E-state index contributed by atoms with van der Waals surface area (Å²) in [5, 5.41) is 3.00. The number of nitrogens with two attached hydrogens (primary N) is 1. The van der Waals surface area contributed by atoms with Crippen LogP contribution in [0.15, 0.2) is 12.4 Å². The Hall–Kier alpha value is -1.36. The number of aromatic nitrogens is 2. The Morgan fingerprint density at radius 1 is 1.71 bits per heavy atom. The molecule has 0 spiro atoms. The molecule has 0 fully saturated rings. The first-order valence-corrected chi connectivity index (χ1v) is 5.95. The molecule has 0 aliphatic rings. The topological polar surface area (TPSA) is 72.9 Å². The van der Waals surface area contributed by atoms with Crippen LogP contribution in [0.5, 0.6) is 0 Å². The Morgan fingerprint density at radius 3 is 2.82 bits per heavy atom. The van der Waals surface area contributed by atoms with Gasteiger partial charge in [0.2, 0.25) is 5.91 Å². The second kappa shape index (κ2) is 5.31. The number of imidazole rings is 1. The molecule has 5 heteroatoms. The summed E-state index contributed by atoms with van der Waals surface area (Å²) in [5.41, 5.74) is 4.74. The number of aryl methyl sites for hydroxylation is 1. The lowest BCUT2D eigenvalue weighted by atomic mass is 9.93. The van der Waals surface area contributed by atoms with E-state index in [1.807, 2.05) is 13.1 Å². The third-order valence-electron chi connectivity index (χ3n) is 3.34. The van der Waals surface area contributed by atoms with Crippen LogP contribution in [0.25, 0.3) is 0 Å². The monoisotopic (exact) mass is 238 g/mol. The van der Waals surface area contributed by atoms with Crippen molar-refractivity contribution in [1.82, 2.24) is 14.9 Å². The summed E-state index contributed by atoms with van der Waals surface area (Å²) in [6.07, 6.45) is 5.25. The van der Waals surface area contributed by atoms with E-state index in [2.05, 4.69) is 28.7 Å². The molecule has 1 amide bonds. The molecule has 2 unspecified atom stereocenters. The highest BCUT2D eigenvalue weighted by atomic mass is 16.1. The third-order valence-corrected chi connectivity index (χ3v) is 3.34. The molecule has 0 saturated carbocycles. The molecule has 2 atom stereocenters. The summed E-state index contributed by atoms with van der Waals surface area (Å²) in [7, 11) is 1.76. The van der Waals surface area contributed by atoms with E-state index in [-0.39, 0.29) is 11.9 Å². The number of rotatable bonds is 6. The predicted octanol–water partition coefficient (Wildman–Crippen LogP) is 0.860. The van der Waals surface area contributed by atoms with E-state index in [9.17, 15) is 4.79 Å². The largest absolute Gasteiger partial charge is 0.368 e. The highest BCUT2D eigenvalue weighted by molar-refractivity contribution is 5.84. The van der Waals surface area contributed by atoms with Gasteiger partial charge in [-0.3, -0.25) is 4.79 Å². The van der Waals surface area contributed by atoms with Crippen molar-refractivity contribution in [3.05, 3.63) is 18.2 Å². The van der Waals surface area contributed by atoms with Crippen molar-refractivity contribution in [2.24, 2.45) is 5.73 Å². The van der Waals surface area contributed by atoms with Crippen LogP contribution in [-0.2, 0) is 11.2 Å². The van der Waals surface area contributed by atoms with Gasteiger partial charge >= 0.3 is 0 Å². The van der Waals surface area contributed by atoms with Gasteiger partial charge in [0.25, 0.3) is 0 Å². The number of nitrogens with zero attached hydrogens (tertiary/aromatic N) is 2. The number of primary amides is 1. The van der Waals surface area contributed by atoms with Crippen molar-refractivity contribution in [1.29, 1.82) is 0 Å². The lowest BCUT2D eigenvalue weighted by Gasteiger charge is -2.29. The Bertz CT molecular complexity index is 388. The first-order chi connectivity index (χ1) is 7.94. The minimum atomic E-state index is -0.686. The molecule has 1 heterocycles. The van der Waals surface area contributed by atoms with Crippen molar-refractivity contribution < 1.29 is 4.79 Å². The van der Waals surface area contributed by atoms with Crippen LogP contribution in [0.3, 0.4) is 0 Å². The minimum Gasteiger partial charge on any atom is -0.368 e. The average Bonchev–Trinajstić information content (AvgIpc) is 2.76. The number of nitrogens with one attached hydrogen (secondary N) is 1. The summed E-state index contributed by atoms with van der Waals surface area (Å²) >= 11 is 0. The summed E-state index contributed by atoms with van der Waals surface area (Å²) in [6, 6.07) is 0.178. The predicted molar refractivity (Wildman–Crippen MR) is 67.6 cm³/mol. The Kier molecular flexibility index (Phi) is 4.28. The Labute approximate surface area is 102 Å². The summed E-state index contributed by atoms with van der Waals surface area (Å²) < 4.78 is 2.10. The normalized spacial score (nSPS) is 16.5. The number of carbonyl (C=O) groups is 1. The molecule has 0 bridgehead atoms. The number of hydrogen-bond acceptors (Lipinski definition) is 3. The Balaban J connectivity index is 2.85. The van der Waals surface area contributed by atoms with Gasteiger partial charge in [0.1, 0.15) is 5.82 Å². The van der Waals surface area contributed by atoms with Crippen LogP contribution in [0.2, 0.25) is 0 Å². The van der Waals surface area contributed by atoms with E-state index in [4.69, 9.17) is 5.73 Å².